The summed E-state index contributed by atoms with van der Waals surface area (Å²) < 4.78 is 39.3. The van der Waals surface area contributed by atoms with Crippen LogP contribution in [0.4, 0.5) is 11.4 Å². The predicted molar refractivity (Wildman–Crippen MR) is 103 cm³/mol. The van der Waals surface area contributed by atoms with E-state index >= 15 is 0 Å². The molecule has 0 saturated heterocycles. The number of hydrogen-bond acceptors (Lipinski definition) is 5. The van der Waals surface area contributed by atoms with Crippen molar-refractivity contribution in [2.45, 2.75) is 31.6 Å². The van der Waals surface area contributed by atoms with Gasteiger partial charge in [0.05, 0.1) is 23.8 Å². The Morgan fingerprint density at radius 3 is 2.52 bits per heavy atom. The van der Waals surface area contributed by atoms with E-state index in [0.717, 1.165) is 6.42 Å². The van der Waals surface area contributed by atoms with E-state index in [2.05, 4.69) is 10.0 Å². The van der Waals surface area contributed by atoms with Crippen molar-refractivity contribution in [3.05, 3.63) is 42.0 Å². The van der Waals surface area contributed by atoms with Gasteiger partial charge in [-0.25, -0.2) is 8.42 Å². The molecule has 0 radical (unpaired) electrons. The topological polar surface area (TPSA) is 93.7 Å². The largest absolute Gasteiger partial charge is 0.490 e. The normalized spacial score (nSPS) is 13.6. The van der Waals surface area contributed by atoms with Crippen molar-refractivity contribution in [1.82, 2.24) is 0 Å². The molecule has 2 N–H and O–H groups in total. The molecule has 144 valence electrons. The molecule has 0 atom stereocenters. The van der Waals surface area contributed by atoms with E-state index in [-0.39, 0.29) is 10.8 Å². The van der Waals surface area contributed by atoms with Crippen LogP contribution in [0.2, 0.25) is 0 Å². The summed E-state index contributed by atoms with van der Waals surface area (Å²) in [6.07, 6.45) is 1.08. The second-order valence-corrected chi connectivity index (χ2v) is 7.83. The monoisotopic (exact) mass is 390 g/mol. The zero-order valence-electron chi connectivity index (χ0n) is 15.2. The van der Waals surface area contributed by atoms with Crippen molar-refractivity contribution < 1.29 is 22.7 Å². The Hall–Kier alpha value is -2.74. The van der Waals surface area contributed by atoms with E-state index in [1.165, 1.54) is 12.1 Å². The number of sulfonamides is 1. The SMILES string of the molecule is CCC(=O)Nc1cccc(NS(=O)(=O)c2ccc3c(c2)OCCCO3)c1C. The highest BCUT2D eigenvalue weighted by Gasteiger charge is 2.20. The molecule has 0 fully saturated rings. The molecule has 1 amide bonds. The van der Waals surface area contributed by atoms with Crippen molar-refractivity contribution in [1.29, 1.82) is 0 Å². The smallest absolute Gasteiger partial charge is 0.262 e. The number of ether oxygens (including phenoxy) is 2. The number of fused-ring (bicyclic) bond motifs is 1. The van der Waals surface area contributed by atoms with Gasteiger partial charge in [-0.3, -0.25) is 9.52 Å². The van der Waals surface area contributed by atoms with E-state index < -0.39 is 10.0 Å². The molecule has 1 aliphatic heterocycles. The lowest BCUT2D eigenvalue weighted by Gasteiger charge is -2.15. The maximum Gasteiger partial charge on any atom is 0.262 e. The molecular weight excluding hydrogens is 368 g/mol. The van der Waals surface area contributed by atoms with Crippen LogP contribution in [0, 0.1) is 6.92 Å². The summed E-state index contributed by atoms with van der Waals surface area (Å²) in [7, 11) is -3.83. The van der Waals surface area contributed by atoms with Crippen LogP contribution in [0.1, 0.15) is 25.3 Å². The van der Waals surface area contributed by atoms with Gasteiger partial charge in [-0.15, -0.1) is 0 Å². The standard InChI is InChI=1S/C19H22N2O5S/c1-3-19(22)20-15-6-4-7-16(13(15)2)21-27(23,24)14-8-9-17-18(12-14)26-11-5-10-25-17/h4,6-9,12,21H,3,5,10-11H2,1-2H3,(H,20,22). The third-order valence-electron chi connectivity index (χ3n) is 4.20. The first kappa shape index (κ1) is 19.0. The minimum Gasteiger partial charge on any atom is -0.490 e. The zero-order chi connectivity index (χ0) is 19.4. The number of hydrogen-bond donors (Lipinski definition) is 2. The first-order valence-corrected chi connectivity index (χ1v) is 10.2. The average molecular weight is 390 g/mol. The van der Waals surface area contributed by atoms with Crippen molar-refractivity contribution in [3.63, 3.8) is 0 Å². The summed E-state index contributed by atoms with van der Waals surface area (Å²) in [5, 5.41) is 2.76. The van der Waals surface area contributed by atoms with Gasteiger partial charge in [-0.05, 0) is 36.8 Å². The average Bonchev–Trinajstić information content (AvgIpc) is 2.89. The fourth-order valence-corrected chi connectivity index (χ4v) is 3.77. The van der Waals surface area contributed by atoms with Crippen LogP contribution in [-0.2, 0) is 14.8 Å². The van der Waals surface area contributed by atoms with Crippen LogP contribution < -0.4 is 19.5 Å². The molecule has 8 heteroatoms. The van der Waals surface area contributed by atoms with E-state index in [1.54, 1.807) is 38.1 Å². The fraction of sp³-hybridized carbons (Fsp3) is 0.316. The summed E-state index contributed by atoms with van der Waals surface area (Å²) >= 11 is 0. The summed E-state index contributed by atoms with van der Waals surface area (Å²) in [6, 6.07) is 9.60. The molecule has 0 saturated carbocycles. The molecule has 0 unspecified atom stereocenters. The summed E-state index contributed by atoms with van der Waals surface area (Å²) in [5.41, 5.74) is 1.61. The second kappa shape index (κ2) is 7.87. The van der Waals surface area contributed by atoms with Gasteiger partial charge in [-0.2, -0.15) is 0 Å². The van der Waals surface area contributed by atoms with Crippen LogP contribution in [0.5, 0.6) is 11.5 Å². The molecule has 27 heavy (non-hydrogen) atoms. The third-order valence-corrected chi connectivity index (χ3v) is 5.57. The van der Waals surface area contributed by atoms with Gasteiger partial charge in [0.25, 0.3) is 10.0 Å². The van der Waals surface area contributed by atoms with Crippen LogP contribution >= 0.6 is 0 Å². The highest BCUT2D eigenvalue weighted by Crippen LogP contribution is 2.33. The van der Waals surface area contributed by atoms with E-state index in [1.807, 2.05) is 0 Å². The third kappa shape index (κ3) is 4.33. The summed E-state index contributed by atoms with van der Waals surface area (Å²) in [5.74, 6) is 0.809. The molecule has 1 heterocycles. The molecule has 1 aliphatic rings. The lowest BCUT2D eigenvalue weighted by Crippen LogP contribution is -2.15. The Balaban J connectivity index is 1.88. The van der Waals surface area contributed by atoms with Crippen molar-refractivity contribution >= 4 is 27.3 Å². The highest BCUT2D eigenvalue weighted by molar-refractivity contribution is 7.92. The number of carbonyl (C=O) groups is 1. The highest BCUT2D eigenvalue weighted by atomic mass is 32.2. The zero-order valence-corrected chi connectivity index (χ0v) is 16.1. The lowest BCUT2D eigenvalue weighted by molar-refractivity contribution is -0.115. The molecule has 0 aromatic heterocycles. The molecule has 7 nitrogen and oxygen atoms in total. The maximum absolute atomic E-state index is 12.8. The molecular formula is C19H22N2O5S. The quantitative estimate of drug-likeness (QED) is 0.817. The molecule has 0 spiro atoms. The van der Waals surface area contributed by atoms with Gasteiger partial charge in [0.1, 0.15) is 0 Å². The first-order valence-electron chi connectivity index (χ1n) is 8.72. The minimum absolute atomic E-state index is 0.0779. The van der Waals surface area contributed by atoms with Gasteiger partial charge in [0.15, 0.2) is 11.5 Å². The van der Waals surface area contributed by atoms with Crippen molar-refractivity contribution in [2.75, 3.05) is 23.3 Å². The number of rotatable bonds is 5. The Kier molecular flexibility index (Phi) is 5.55. The van der Waals surface area contributed by atoms with Crippen LogP contribution in [-0.4, -0.2) is 27.5 Å². The number of carbonyl (C=O) groups excluding carboxylic acids is 1. The second-order valence-electron chi connectivity index (χ2n) is 6.14. The van der Waals surface area contributed by atoms with Crippen LogP contribution in [0.15, 0.2) is 41.3 Å². The maximum atomic E-state index is 12.8. The van der Waals surface area contributed by atoms with Gasteiger partial charge in [0, 0.05) is 24.6 Å². The fourth-order valence-electron chi connectivity index (χ4n) is 2.63. The molecule has 0 aliphatic carbocycles. The van der Waals surface area contributed by atoms with Gasteiger partial charge >= 0.3 is 0 Å². The minimum atomic E-state index is -3.83. The first-order chi connectivity index (χ1) is 12.9. The molecule has 2 aromatic carbocycles. The van der Waals surface area contributed by atoms with Gasteiger partial charge in [-0.1, -0.05) is 13.0 Å². The van der Waals surface area contributed by atoms with Crippen LogP contribution in [0.3, 0.4) is 0 Å². The van der Waals surface area contributed by atoms with E-state index in [0.29, 0.717) is 48.1 Å². The lowest BCUT2D eigenvalue weighted by atomic mass is 10.1. The Labute approximate surface area is 158 Å². The number of anilines is 2. The van der Waals surface area contributed by atoms with Gasteiger partial charge in [0.2, 0.25) is 5.91 Å². The van der Waals surface area contributed by atoms with Crippen molar-refractivity contribution in [3.8, 4) is 11.5 Å². The van der Waals surface area contributed by atoms with Crippen molar-refractivity contribution in [2.24, 2.45) is 0 Å². The Morgan fingerprint density at radius 2 is 1.78 bits per heavy atom. The van der Waals surface area contributed by atoms with Gasteiger partial charge < -0.3 is 14.8 Å². The summed E-state index contributed by atoms with van der Waals surface area (Å²) in [6.45, 7) is 4.51. The summed E-state index contributed by atoms with van der Waals surface area (Å²) in [4.78, 5) is 11.7. The number of benzene rings is 2. The molecule has 0 bridgehead atoms. The van der Waals surface area contributed by atoms with E-state index in [9.17, 15) is 13.2 Å². The molecule has 2 aromatic rings. The number of nitrogens with one attached hydrogen (secondary N) is 2. The Bertz CT molecular complexity index is 957. The van der Waals surface area contributed by atoms with Crippen LogP contribution in [0.25, 0.3) is 0 Å². The molecule has 3 rings (SSSR count). The predicted octanol–water partition coefficient (Wildman–Crippen LogP) is 3.31. The Morgan fingerprint density at radius 1 is 1.07 bits per heavy atom. The number of amides is 1. The van der Waals surface area contributed by atoms with E-state index in [4.69, 9.17) is 9.47 Å².